The Morgan fingerprint density at radius 3 is 2.35 bits per heavy atom. The van der Waals surface area contributed by atoms with Crippen LogP contribution in [0.2, 0.25) is 10.0 Å². The minimum absolute atomic E-state index is 0.324. The quantitative estimate of drug-likeness (QED) is 0.871. The number of carboxylic acids is 1. The van der Waals surface area contributed by atoms with Gasteiger partial charge in [0.2, 0.25) is 0 Å². The number of hydrogen-bond donors (Lipinski definition) is 2. The molecule has 0 amide bonds. The molecule has 0 bridgehead atoms. The van der Waals surface area contributed by atoms with E-state index in [-0.39, 0.29) is 0 Å². The molecule has 2 aromatic carbocycles. The summed E-state index contributed by atoms with van der Waals surface area (Å²) in [7, 11) is 0. The van der Waals surface area contributed by atoms with Gasteiger partial charge in [-0.1, -0.05) is 47.0 Å². The lowest BCUT2D eigenvalue weighted by atomic mass is 10.1. The molecule has 0 fully saturated rings. The molecule has 0 aliphatic carbocycles. The summed E-state index contributed by atoms with van der Waals surface area (Å²) in [5.74, 6) is -1.00. The van der Waals surface area contributed by atoms with E-state index in [9.17, 15) is 9.90 Å². The summed E-state index contributed by atoms with van der Waals surface area (Å²) in [6.45, 7) is 1.97. The number of carboxylic acid groups (broad SMARTS) is 1. The van der Waals surface area contributed by atoms with Crippen LogP contribution in [0.5, 0.6) is 0 Å². The van der Waals surface area contributed by atoms with E-state index < -0.39 is 12.0 Å². The highest BCUT2D eigenvalue weighted by Gasteiger charge is 2.22. The topological polar surface area (TPSA) is 49.3 Å². The Morgan fingerprint density at radius 2 is 1.80 bits per heavy atom. The average Bonchev–Trinajstić information content (AvgIpc) is 2.39. The van der Waals surface area contributed by atoms with Gasteiger partial charge in [-0.15, -0.1) is 0 Å². The smallest absolute Gasteiger partial charge is 0.330 e. The molecule has 0 spiro atoms. The van der Waals surface area contributed by atoms with Crippen LogP contribution in [0.3, 0.4) is 0 Å². The molecule has 0 saturated carbocycles. The zero-order chi connectivity index (χ0) is 14.7. The van der Waals surface area contributed by atoms with Gasteiger partial charge in [-0.2, -0.15) is 0 Å². The molecule has 3 nitrogen and oxygen atoms in total. The van der Waals surface area contributed by atoms with E-state index in [1.54, 1.807) is 12.1 Å². The van der Waals surface area contributed by atoms with Crippen molar-refractivity contribution in [1.29, 1.82) is 0 Å². The molecule has 104 valence electrons. The van der Waals surface area contributed by atoms with Gasteiger partial charge in [0, 0.05) is 21.3 Å². The maximum Gasteiger partial charge on any atom is 0.330 e. The van der Waals surface area contributed by atoms with Crippen LogP contribution < -0.4 is 5.32 Å². The molecule has 2 rings (SSSR count). The molecule has 1 unspecified atom stereocenters. The molecule has 0 aromatic heterocycles. The summed E-state index contributed by atoms with van der Waals surface area (Å²) < 4.78 is 0. The van der Waals surface area contributed by atoms with Crippen molar-refractivity contribution in [1.82, 2.24) is 0 Å². The minimum Gasteiger partial charge on any atom is -0.479 e. The summed E-state index contributed by atoms with van der Waals surface area (Å²) in [4.78, 5) is 11.5. The lowest BCUT2D eigenvalue weighted by Gasteiger charge is -2.17. The molecule has 0 saturated heterocycles. The van der Waals surface area contributed by atoms with Crippen molar-refractivity contribution in [2.75, 3.05) is 5.32 Å². The Morgan fingerprint density at radius 1 is 1.15 bits per heavy atom. The highest BCUT2D eigenvalue weighted by atomic mass is 35.5. The van der Waals surface area contributed by atoms with Crippen LogP contribution in [0.15, 0.2) is 42.5 Å². The molecule has 5 heteroatoms. The average molecular weight is 310 g/mol. The molecule has 2 aromatic rings. The number of aryl methyl sites for hydroxylation is 1. The molecule has 0 radical (unpaired) electrons. The van der Waals surface area contributed by atoms with Gasteiger partial charge >= 0.3 is 5.97 Å². The van der Waals surface area contributed by atoms with Crippen molar-refractivity contribution >= 4 is 34.9 Å². The first-order valence-corrected chi connectivity index (χ1v) is 6.74. The van der Waals surface area contributed by atoms with Crippen LogP contribution >= 0.6 is 23.2 Å². The summed E-state index contributed by atoms with van der Waals surface area (Å²) in [6.07, 6.45) is 0. The Bertz CT molecular complexity index is 626. The summed E-state index contributed by atoms with van der Waals surface area (Å²) in [5.41, 5.74) is 2.30. The molecule has 0 heterocycles. The van der Waals surface area contributed by atoms with E-state index in [0.29, 0.717) is 21.3 Å². The van der Waals surface area contributed by atoms with Crippen LogP contribution in [0.4, 0.5) is 5.69 Å². The standard InChI is InChI=1S/C15H13Cl2NO2/c1-9-2-5-11(6-3-9)18-14(15(19)20)12-7-4-10(16)8-13(12)17/h2-8,14,18H,1H3,(H,19,20). The second-order valence-corrected chi connectivity index (χ2v) is 5.29. The van der Waals surface area contributed by atoms with Gasteiger partial charge < -0.3 is 10.4 Å². The van der Waals surface area contributed by atoms with E-state index in [1.807, 2.05) is 31.2 Å². The largest absolute Gasteiger partial charge is 0.479 e. The SMILES string of the molecule is Cc1ccc(NC(C(=O)O)c2ccc(Cl)cc2Cl)cc1. The molecule has 0 aliphatic heterocycles. The zero-order valence-corrected chi connectivity index (χ0v) is 12.2. The van der Waals surface area contributed by atoms with Crippen LogP contribution in [0.25, 0.3) is 0 Å². The number of halogens is 2. The van der Waals surface area contributed by atoms with Gasteiger partial charge in [-0.25, -0.2) is 4.79 Å². The maximum atomic E-state index is 11.5. The van der Waals surface area contributed by atoms with Crippen molar-refractivity contribution in [3.8, 4) is 0 Å². The highest BCUT2D eigenvalue weighted by Crippen LogP contribution is 2.29. The van der Waals surface area contributed by atoms with Gasteiger partial charge in [0.1, 0.15) is 0 Å². The summed E-state index contributed by atoms with van der Waals surface area (Å²) >= 11 is 11.9. The summed E-state index contributed by atoms with van der Waals surface area (Å²) in [6, 6.07) is 11.3. The van der Waals surface area contributed by atoms with Crippen molar-refractivity contribution < 1.29 is 9.90 Å². The second-order valence-electron chi connectivity index (χ2n) is 4.45. The van der Waals surface area contributed by atoms with Crippen LogP contribution in [0, 0.1) is 6.92 Å². The molecule has 2 N–H and O–H groups in total. The first-order chi connectivity index (χ1) is 9.47. The van der Waals surface area contributed by atoms with Crippen LogP contribution in [-0.2, 0) is 4.79 Å². The predicted octanol–water partition coefficient (Wildman–Crippen LogP) is 4.54. The summed E-state index contributed by atoms with van der Waals surface area (Å²) in [5, 5.41) is 13.1. The lowest BCUT2D eigenvalue weighted by molar-refractivity contribution is -0.138. The van der Waals surface area contributed by atoms with E-state index in [1.165, 1.54) is 6.07 Å². The monoisotopic (exact) mass is 309 g/mol. The minimum atomic E-state index is -1.00. The van der Waals surface area contributed by atoms with Gasteiger partial charge in [0.05, 0.1) is 0 Å². The Kier molecular flexibility index (Phi) is 4.53. The number of nitrogens with one attached hydrogen (secondary N) is 1. The van der Waals surface area contributed by atoms with Crippen LogP contribution in [0.1, 0.15) is 17.2 Å². The number of aliphatic carboxylic acids is 1. The number of hydrogen-bond acceptors (Lipinski definition) is 2. The van der Waals surface area contributed by atoms with Gasteiger partial charge in [-0.05, 0) is 31.2 Å². The predicted molar refractivity (Wildman–Crippen MR) is 81.6 cm³/mol. The fourth-order valence-electron chi connectivity index (χ4n) is 1.82. The van der Waals surface area contributed by atoms with Gasteiger partial charge in [-0.3, -0.25) is 0 Å². The van der Waals surface area contributed by atoms with Crippen LogP contribution in [-0.4, -0.2) is 11.1 Å². The third-order valence-corrected chi connectivity index (χ3v) is 3.45. The molecule has 1 atom stereocenters. The number of rotatable bonds is 4. The first kappa shape index (κ1) is 14.7. The molecular formula is C15H13Cl2NO2. The first-order valence-electron chi connectivity index (χ1n) is 5.98. The molecular weight excluding hydrogens is 297 g/mol. The van der Waals surface area contributed by atoms with Crippen molar-refractivity contribution in [3.05, 3.63) is 63.6 Å². The number of benzene rings is 2. The molecule has 20 heavy (non-hydrogen) atoms. The van der Waals surface area contributed by atoms with Gasteiger partial charge in [0.15, 0.2) is 6.04 Å². The number of carbonyl (C=O) groups is 1. The third kappa shape index (κ3) is 3.44. The molecule has 0 aliphatic rings. The van der Waals surface area contributed by atoms with Crippen molar-refractivity contribution in [2.45, 2.75) is 13.0 Å². The van der Waals surface area contributed by atoms with Crippen molar-refractivity contribution in [2.24, 2.45) is 0 Å². The lowest BCUT2D eigenvalue weighted by Crippen LogP contribution is -2.20. The van der Waals surface area contributed by atoms with E-state index in [4.69, 9.17) is 23.2 Å². The van der Waals surface area contributed by atoms with E-state index in [0.717, 1.165) is 5.56 Å². The highest BCUT2D eigenvalue weighted by molar-refractivity contribution is 6.35. The fourth-order valence-corrected chi connectivity index (χ4v) is 2.34. The Labute approximate surface area is 127 Å². The Hall–Kier alpha value is -1.71. The third-order valence-electron chi connectivity index (χ3n) is 2.88. The Balaban J connectivity index is 2.31. The second kappa shape index (κ2) is 6.16. The van der Waals surface area contributed by atoms with E-state index in [2.05, 4.69) is 5.32 Å². The maximum absolute atomic E-state index is 11.5. The van der Waals surface area contributed by atoms with Crippen molar-refractivity contribution in [3.63, 3.8) is 0 Å². The van der Waals surface area contributed by atoms with Gasteiger partial charge in [0.25, 0.3) is 0 Å². The van der Waals surface area contributed by atoms with E-state index >= 15 is 0 Å². The number of anilines is 1. The zero-order valence-electron chi connectivity index (χ0n) is 10.7. The normalized spacial score (nSPS) is 11.9. The fraction of sp³-hybridized carbons (Fsp3) is 0.133.